The summed E-state index contributed by atoms with van der Waals surface area (Å²) in [7, 11) is 0. The molecule has 0 radical (unpaired) electrons. The highest BCUT2D eigenvalue weighted by Crippen LogP contribution is 2.37. The molecule has 2 amide bonds. The summed E-state index contributed by atoms with van der Waals surface area (Å²) in [5.41, 5.74) is 1.02. The summed E-state index contributed by atoms with van der Waals surface area (Å²) < 4.78 is 39.8. The van der Waals surface area contributed by atoms with Crippen LogP contribution in [0.5, 0.6) is 0 Å². The van der Waals surface area contributed by atoms with Gasteiger partial charge >= 0.3 is 6.18 Å². The van der Waals surface area contributed by atoms with E-state index in [1.807, 2.05) is 19.1 Å². The molecule has 32 heavy (non-hydrogen) atoms. The number of carbonyl (C=O) groups excluding carboxylic acids is 2. The van der Waals surface area contributed by atoms with Crippen molar-refractivity contribution in [3.8, 4) is 0 Å². The van der Waals surface area contributed by atoms with Gasteiger partial charge in [-0.3, -0.25) is 9.59 Å². The van der Waals surface area contributed by atoms with Crippen LogP contribution in [-0.4, -0.2) is 36.3 Å². The van der Waals surface area contributed by atoms with E-state index in [0.717, 1.165) is 24.1 Å². The first-order valence-corrected chi connectivity index (χ1v) is 10.9. The summed E-state index contributed by atoms with van der Waals surface area (Å²) in [6.45, 7) is 6.79. The van der Waals surface area contributed by atoms with Gasteiger partial charge in [0.05, 0.1) is 11.5 Å². The van der Waals surface area contributed by atoms with E-state index in [4.69, 9.17) is 0 Å². The van der Waals surface area contributed by atoms with E-state index >= 15 is 0 Å². The predicted molar refractivity (Wildman–Crippen MR) is 117 cm³/mol. The molecule has 7 heteroatoms. The average molecular weight is 447 g/mol. The number of nitrogens with one attached hydrogen (secondary N) is 1. The molecule has 2 atom stereocenters. The molecule has 2 aromatic carbocycles. The fourth-order valence-corrected chi connectivity index (χ4v) is 4.12. The van der Waals surface area contributed by atoms with Crippen LogP contribution in [0, 0.1) is 18.8 Å². The minimum atomic E-state index is -4.47. The second-order valence-electron chi connectivity index (χ2n) is 8.83. The Morgan fingerprint density at radius 2 is 1.81 bits per heavy atom. The number of carbonyl (C=O) groups is 2. The second-order valence-corrected chi connectivity index (χ2v) is 8.83. The summed E-state index contributed by atoms with van der Waals surface area (Å²) in [4.78, 5) is 27.7. The van der Waals surface area contributed by atoms with Gasteiger partial charge in [0.2, 0.25) is 5.91 Å². The molecule has 2 aromatic rings. The van der Waals surface area contributed by atoms with Gasteiger partial charge in [0, 0.05) is 31.1 Å². The van der Waals surface area contributed by atoms with Crippen LogP contribution in [0.1, 0.15) is 53.2 Å². The maximum Gasteiger partial charge on any atom is 0.416 e. The minimum absolute atomic E-state index is 0.168. The number of nitrogens with zero attached hydrogens (tertiary/aromatic N) is 1. The molecule has 172 valence electrons. The highest BCUT2D eigenvalue weighted by atomic mass is 19.4. The van der Waals surface area contributed by atoms with E-state index in [0.29, 0.717) is 23.6 Å². The lowest BCUT2D eigenvalue weighted by Crippen LogP contribution is -2.36. The highest BCUT2D eigenvalue weighted by molar-refractivity contribution is 5.96. The van der Waals surface area contributed by atoms with E-state index in [9.17, 15) is 22.8 Å². The first-order valence-electron chi connectivity index (χ1n) is 10.9. The van der Waals surface area contributed by atoms with E-state index in [-0.39, 0.29) is 24.9 Å². The predicted octanol–water partition coefficient (Wildman–Crippen LogP) is 5.03. The average Bonchev–Trinajstić information content (AvgIpc) is 3.18. The number of alkyl halides is 3. The topological polar surface area (TPSA) is 49.4 Å². The van der Waals surface area contributed by atoms with Crippen LogP contribution in [-0.2, 0) is 11.0 Å². The molecule has 0 saturated carbocycles. The molecular formula is C25H29F3N2O2. The normalized spacial score (nSPS) is 18.8. The van der Waals surface area contributed by atoms with Gasteiger partial charge in [-0.1, -0.05) is 50.2 Å². The fraction of sp³-hybridized carbons (Fsp3) is 0.440. The van der Waals surface area contributed by atoms with Crippen molar-refractivity contribution in [3.05, 3.63) is 70.8 Å². The standard InChI is InChI=1S/C25H29F3N2O2/c1-16(2)11-12-29-23(31)22-15-30(24(32)20-10-5-4-7-17(20)3)14-21(22)18-8-6-9-19(13-18)25(26,27)28/h4-10,13,16,21-22H,11-12,14-15H2,1-3H3,(H,29,31)/t21-,22+/m0/s1. The Labute approximate surface area is 186 Å². The Hall–Kier alpha value is -2.83. The van der Waals surface area contributed by atoms with Gasteiger partial charge in [-0.25, -0.2) is 0 Å². The molecule has 1 aliphatic rings. The Morgan fingerprint density at radius 3 is 2.47 bits per heavy atom. The van der Waals surface area contributed by atoms with E-state index < -0.39 is 23.6 Å². The third-order valence-corrected chi connectivity index (χ3v) is 5.98. The molecule has 0 unspecified atom stereocenters. The van der Waals surface area contributed by atoms with Gasteiger partial charge in [-0.05, 0) is 42.5 Å². The van der Waals surface area contributed by atoms with Gasteiger partial charge in [0.25, 0.3) is 5.91 Å². The molecule has 1 aliphatic heterocycles. The zero-order valence-electron chi connectivity index (χ0n) is 18.6. The Morgan fingerprint density at radius 1 is 1.09 bits per heavy atom. The van der Waals surface area contributed by atoms with Crippen LogP contribution in [0.15, 0.2) is 48.5 Å². The van der Waals surface area contributed by atoms with Crippen molar-refractivity contribution < 1.29 is 22.8 Å². The molecule has 0 aliphatic carbocycles. The summed E-state index contributed by atoms with van der Waals surface area (Å²) in [5.74, 6) is -1.15. The van der Waals surface area contributed by atoms with Crippen molar-refractivity contribution in [2.45, 2.75) is 39.3 Å². The second kappa shape index (κ2) is 9.76. The highest BCUT2D eigenvalue weighted by Gasteiger charge is 2.41. The van der Waals surface area contributed by atoms with Gasteiger partial charge in [0.1, 0.15) is 0 Å². The maximum atomic E-state index is 13.3. The molecule has 1 fully saturated rings. The number of amides is 2. The van der Waals surface area contributed by atoms with E-state index in [2.05, 4.69) is 19.2 Å². The summed E-state index contributed by atoms with van der Waals surface area (Å²) in [6.07, 6.45) is -3.67. The summed E-state index contributed by atoms with van der Waals surface area (Å²) in [5, 5.41) is 2.91. The first kappa shape index (κ1) is 23.8. The first-order chi connectivity index (χ1) is 15.1. The molecule has 1 heterocycles. The van der Waals surface area contributed by atoms with Crippen molar-refractivity contribution in [3.63, 3.8) is 0 Å². The molecule has 0 aromatic heterocycles. The number of likely N-dealkylation sites (tertiary alicyclic amines) is 1. The van der Waals surface area contributed by atoms with Crippen molar-refractivity contribution in [2.24, 2.45) is 11.8 Å². The van der Waals surface area contributed by atoms with Crippen LogP contribution in [0.25, 0.3) is 0 Å². The number of hydrogen-bond donors (Lipinski definition) is 1. The lowest BCUT2D eigenvalue weighted by Gasteiger charge is -2.19. The van der Waals surface area contributed by atoms with Crippen molar-refractivity contribution >= 4 is 11.8 Å². The molecule has 0 spiro atoms. The third-order valence-electron chi connectivity index (χ3n) is 5.98. The zero-order valence-corrected chi connectivity index (χ0v) is 18.6. The molecule has 1 N–H and O–H groups in total. The lowest BCUT2D eigenvalue weighted by molar-refractivity contribution is -0.137. The zero-order chi connectivity index (χ0) is 23.5. The number of hydrogen-bond acceptors (Lipinski definition) is 2. The van der Waals surface area contributed by atoms with Crippen molar-refractivity contribution in [1.82, 2.24) is 10.2 Å². The van der Waals surface area contributed by atoms with Crippen LogP contribution in [0.4, 0.5) is 13.2 Å². The number of aryl methyl sites for hydroxylation is 1. The largest absolute Gasteiger partial charge is 0.416 e. The lowest BCUT2D eigenvalue weighted by atomic mass is 9.87. The quantitative estimate of drug-likeness (QED) is 0.677. The molecule has 0 bridgehead atoms. The van der Waals surface area contributed by atoms with Gasteiger partial charge in [0.15, 0.2) is 0 Å². The Bertz CT molecular complexity index is 972. The van der Waals surface area contributed by atoms with Gasteiger partial charge in [-0.15, -0.1) is 0 Å². The smallest absolute Gasteiger partial charge is 0.356 e. The molecule has 1 saturated heterocycles. The molecule has 4 nitrogen and oxygen atoms in total. The third kappa shape index (κ3) is 5.50. The number of halogens is 3. The van der Waals surface area contributed by atoms with Crippen molar-refractivity contribution in [2.75, 3.05) is 19.6 Å². The monoisotopic (exact) mass is 446 g/mol. The Balaban J connectivity index is 1.88. The number of benzene rings is 2. The number of rotatable bonds is 6. The maximum absolute atomic E-state index is 13.3. The van der Waals surface area contributed by atoms with Crippen molar-refractivity contribution in [1.29, 1.82) is 0 Å². The summed E-state index contributed by atoms with van der Waals surface area (Å²) >= 11 is 0. The molecule has 3 rings (SSSR count). The Kier molecular flexibility index (Phi) is 7.26. The van der Waals surface area contributed by atoms with E-state index in [1.165, 1.54) is 6.07 Å². The molecular weight excluding hydrogens is 417 g/mol. The SMILES string of the molecule is Cc1ccccc1C(=O)N1C[C@@H](C(=O)NCCC(C)C)[C@H](c2cccc(C(F)(F)F)c2)C1. The van der Waals surface area contributed by atoms with Crippen LogP contribution >= 0.6 is 0 Å². The van der Waals surface area contributed by atoms with Gasteiger partial charge < -0.3 is 10.2 Å². The van der Waals surface area contributed by atoms with Gasteiger partial charge in [-0.2, -0.15) is 13.2 Å². The summed E-state index contributed by atoms with van der Waals surface area (Å²) in [6, 6.07) is 12.3. The van der Waals surface area contributed by atoms with Crippen LogP contribution < -0.4 is 5.32 Å². The van der Waals surface area contributed by atoms with Crippen LogP contribution in [0.2, 0.25) is 0 Å². The van der Waals surface area contributed by atoms with Crippen LogP contribution in [0.3, 0.4) is 0 Å². The fourth-order valence-electron chi connectivity index (χ4n) is 4.12. The minimum Gasteiger partial charge on any atom is -0.356 e. The van der Waals surface area contributed by atoms with E-state index in [1.54, 1.807) is 23.1 Å².